The molecule has 2 heterocycles. The number of Topliss-reactive ketones (excluding diaryl/α,β-unsaturated/α-hetero) is 1. The van der Waals surface area contributed by atoms with Gasteiger partial charge in [0, 0.05) is 11.8 Å². The molecule has 25 heavy (non-hydrogen) atoms. The first-order valence-corrected chi connectivity index (χ1v) is 8.81. The topological polar surface area (TPSA) is 90.0 Å². The number of nitrogens with zero attached hydrogens (tertiary/aromatic N) is 3. The maximum absolute atomic E-state index is 12.3. The fraction of sp³-hybridized carbons (Fsp3) is 0.556. The molecule has 0 aliphatic carbocycles. The molecule has 7 nitrogen and oxygen atoms in total. The number of H-pyrrole nitrogens is 1. The molecule has 134 valence electrons. The van der Waals surface area contributed by atoms with Gasteiger partial charge in [-0.25, -0.2) is 5.10 Å². The minimum Gasteiger partial charge on any atom is -0.454 e. The third-order valence-electron chi connectivity index (χ3n) is 4.73. The Morgan fingerprint density at radius 3 is 2.84 bits per heavy atom. The van der Waals surface area contributed by atoms with Crippen LogP contribution in [0, 0.1) is 5.92 Å². The Balaban J connectivity index is 1.82. The first-order valence-electron chi connectivity index (χ1n) is 8.81. The van der Waals surface area contributed by atoms with E-state index < -0.39 is 0 Å². The Kier molecular flexibility index (Phi) is 5.63. The van der Waals surface area contributed by atoms with E-state index in [2.05, 4.69) is 27.5 Å². The first-order chi connectivity index (χ1) is 12.2. The maximum Gasteiger partial charge on any atom is 0.231 e. The van der Waals surface area contributed by atoms with Crippen LogP contribution >= 0.6 is 0 Å². The largest absolute Gasteiger partial charge is 0.454 e. The number of aromatic nitrogens is 4. The molecular weight excluding hydrogens is 320 g/mol. The predicted octanol–water partition coefficient (Wildman–Crippen LogP) is 3.04. The number of benzene rings is 1. The molecule has 1 aliphatic rings. The van der Waals surface area contributed by atoms with E-state index in [4.69, 9.17) is 9.47 Å². The molecule has 0 amide bonds. The van der Waals surface area contributed by atoms with Crippen molar-refractivity contribution in [1.29, 1.82) is 0 Å². The molecule has 7 heteroatoms. The van der Waals surface area contributed by atoms with Crippen molar-refractivity contribution in [3.63, 3.8) is 0 Å². The summed E-state index contributed by atoms with van der Waals surface area (Å²) in [6.45, 7) is 4.07. The van der Waals surface area contributed by atoms with Crippen LogP contribution in [0.3, 0.4) is 0 Å². The van der Waals surface area contributed by atoms with Crippen molar-refractivity contribution in [2.45, 2.75) is 51.9 Å². The van der Waals surface area contributed by atoms with Gasteiger partial charge >= 0.3 is 0 Å². The van der Waals surface area contributed by atoms with Gasteiger partial charge in [-0.1, -0.05) is 32.3 Å². The summed E-state index contributed by atoms with van der Waals surface area (Å²) in [6, 6.07) is 5.89. The molecule has 2 aromatic rings. The van der Waals surface area contributed by atoms with Crippen LogP contribution in [-0.2, 0) is 11.2 Å². The van der Waals surface area contributed by atoms with Crippen molar-refractivity contribution in [3.8, 4) is 11.5 Å². The Labute approximate surface area is 147 Å². The monoisotopic (exact) mass is 344 g/mol. The summed E-state index contributed by atoms with van der Waals surface area (Å²) in [5, 5.41) is 14.4. The Hall–Kier alpha value is -2.44. The average Bonchev–Trinajstić information content (AvgIpc) is 3.27. The summed E-state index contributed by atoms with van der Waals surface area (Å²) < 4.78 is 10.8. The van der Waals surface area contributed by atoms with Gasteiger partial charge in [-0.05, 0) is 47.9 Å². The number of hydrogen-bond acceptors (Lipinski definition) is 6. The molecule has 0 saturated heterocycles. The Morgan fingerprint density at radius 1 is 1.28 bits per heavy atom. The van der Waals surface area contributed by atoms with Gasteiger partial charge in [0.1, 0.15) is 5.78 Å². The van der Waals surface area contributed by atoms with E-state index in [-0.39, 0.29) is 24.4 Å². The molecule has 0 bridgehead atoms. The summed E-state index contributed by atoms with van der Waals surface area (Å²) >= 11 is 0. The quantitative estimate of drug-likeness (QED) is 0.703. The molecule has 0 radical (unpaired) electrons. The normalized spacial score (nSPS) is 15.1. The molecule has 0 spiro atoms. The zero-order valence-corrected chi connectivity index (χ0v) is 14.7. The zero-order valence-electron chi connectivity index (χ0n) is 14.7. The minimum absolute atomic E-state index is 0.0790. The van der Waals surface area contributed by atoms with Crippen molar-refractivity contribution >= 4 is 5.78 Å². The van der Waals surface area contributed by atoms with Crippen LogP contribution in [0.4, 0.5) is 0 Å². The SMILES string of the molecule is CCCCC[C@H](C(C)=O)[C@H](Cc1ccc2c(c1)OCO2)c1nnn[nH]1. The molecule has 1 N–H and O–H groups in total. The highest BCUT2D eigenvalue weighted by Gasteiger charge is 2.30. The van der Waals surface area contributed by atoms with Crippen molar-refractivity contribution in [2.24, 2.45) is 5.92 Å². The molecule has 1 aromatic carbocycles. The lowest BCUT2D eigenvalue weighted by molar-refractivity contribution is -0.121. The summed E-state index contributed by atoms with van der Waals surface area (Å²) in [6.07, 6.45) is 4.79. The van der Waals surface area contributed by atoms with Crippen LogP contribution in [-0.4, -0.2) is 33.2 Å². The van der Waals surface area contributed by atoms with E-state index in [1.54, 1.807) is 6.92 Å². The van der Waals surface area contributed by atoms with E-state index in [9.17, 15) is 4.79 Å². The second-order valence-electron chi connectivity index (χ2n) is 6.50. The standard InChI is InChI=1S/C18H24N4O3/c1-3-4-5-6-14(12(2)23)15(18-19-21-22-20-18)9-13-7-8-16-17(10-13)25-11-24-16/h7-8,10,14-15H,3-6,9,11H2,1-2H3,(H,19,20,21,22)/t14-,15+/m1/s1. The Morgan fingerprint density at radius 2 is 2.12 bits per heavy atom. The second kappa shape index (κ2) is 8.09. The summed E-state index contributed by atoms with van der Waals surface area (Å²) in [4.78, 5) is 12.3. The fourth-order valence-electron chi connectivity index (χ4n) is 3.38. The van der Waals surface area contributed by atoms with E-state index in [0.29, 0.717) is 12.2 Å². The molecular formula is C18H24N4O3. The number of tetrazole rings is 1. The third kappa shape index (κ3) is 4.15. The molecule has 3 rings (SSSR count). The van der Waals surface area contributed by atoms with Gasteiger partial charge in [0.15, 0.2) is 17.3 Å². The number of fused-ring (bicyclic) bond motifs is 1. The van der Waals surface area contributed by atoms with Gasteiger partial charge in [0.2, 0.25) is 6.79 Å². The highest BCUT2D eigenvalue weighted by atomic mass is 16.7. The van der Waals surface area contributed by atoms with Crippen LogP contribution in [0.5, 0.6) is 11.5 Å². The number of aromatic amines is 1. The van der Waals surface area contributed by atoms with Gasteiger partial charge in [-0.2, -0.15) is 0 Å². The fourth-order valence-corrected chi connectivity index (χ4v) is 3.38. The van der Waals surface area contributed by atoms with Gasteiger partial charge in [0.25, 0.3) is 0 Å². The number of hydrogen-bond donors (Lipinski definition) is 1. The summed E-state index contributed by atoms with van der Waals surface area (Å²) in [7, 11) is 0. The number of nitrogens with one attached hydrogen (secondary N) is 1. The number of unbranched alkanes of at least 4 members (excludes halogenated alkanes) is 2. The highest BCUT2D eigenvalue weighted by molar-refractivity contribution is 5.79. The lowest BCUT2D eigenvalue weighted by atomic mass is 9.80. The van der Waals surface area contributed by atoms with Crippen molar-refractivity contribution in [2.75, 3.05) is 6.79 Å². The van der Waals surface area contributed by atoms with Gasteiger partial charge in [-0.15, -0.1) is 5.10 Å². The van der Waals surface area contributed by atoms with Crippen LogP contribution in [0.25, 0.3) is 0 Å². The van der Waals surface area contributed by atoms with Crippen LogP contribution in [0.1, 0.15) is 56.8 Å². The summed E-state index contributed by atoms with van der Waals surface area (Å²) in [5.74, 6) is 2.16. The van der Waals surface area contributed by atoms with E-state index >= 15 is 0 Å². The van der Waals surface area contributed by atoms with Gasteiger partial charge in [0.05, 0.1) is 0 Å². The van der Waals surface area contributed by atoms with Crippen LogP contribution in [0.2, 0.25) is 0 Å². The third-order valence-corrected chi connectivity index (χ3v) is 4.73. The van der Waals surface area contributed by atoms with E-state index in [0.717, 1.165) is 42.7 Å². The number of ketones is 1. The van der Waals surface area contributed by atoms with Gasteiger partial charge < -0.3 is 9.47 Å². The maximum atomic E-state index is 12.3. The number of carbonyl (C=O) groups excluding carboxylic acids is 1. The lowest BCUT2D eigenvalue weighted by Gasteiger charge is -2.23. The van der Waals surface area contributed by atoms with Crippen molar-refractivity contribution < 1.29 is 14.3 Å². The van der Waals surface area contributed by atoms with Gasteiger partial charge in [-0.3, -0.25) is 4.79 Å². The van der Waals surface area contributed by atoms with E-state index in [1.165, 1.54) is 0 Å². The summed E-state index contributed by atoms with van der Waals surface area (Å²) in [5.41, 5.74) is 1.08. The lowest BCUT2D eigenvalue weighted by Crippen LogP contribution is -2.23. The zero-order chi connectivity index (χ0) is 17.6. The first kappa shape index (κ1) is 17.4. The molecule has 0 unspecified atom stereocenters. The van der Waals surface area contributed by atoms with Crippen molar-refractivity contribution in [1.82, 2.24) is 20.6 Å². The number of carbonyl (C=O) groups is 1. The highest BCUT2D eigenvalue weighted by Crippen LogP contribution is 2.36. The predicted molar refractivity (Wildman–Crippen MR) is 91.5 cm³/mol. The molecule has 0 saturated carbocycles. The minimum atomic E-state index is -0.105. The van der Waals surface area contributed by atoms with Crippen LogP contribution in [0.15, 0.2) is 18.2 Å². The number of ether oxygens (including phenoxy) is 2. The molecule has 1 aliphatic heterocycles. The molecule has 2 atom stereocenters. The average molecular weight is 344 g/mol. The molecule has 1 aromatic heterocycles. The molecule has 0 fully saturated rings. The van der Waals surface area contributed by atoms with Crippen LogP contribution < -0.4 is 9.47 Å². The van der Waals surface area contributed by atoms with Crippen molar-refractivity contribution in [3.05, 3.63) is 29.6 Å². The Bertz CT molecular complexity index is 702. The van der Waals surface area contributed by atoms with E-state index in [1.807, 2.05) is 18.2 Å². The second-order valence-corrected chi connectivity index (χ2v) is 6.50. The smallest absolute Gasteiger partial charge is 0.231 e. The number of rotatable bonds is 9.